The average molecular weight is 411 g/mol. The Morgan fingerprint density at radius 3 is 2.37 bits per heavy atom. The van der Waals surface area contributed by atoms with E-state index in [-0.39, 0.29) is 17.5 Å². The second kappa shape index (κ2) is 9.76. The van der Waals surface area contributed by atoms with Crippen molar-refractivity contribution in [2.75, 3.05) is 10.6 Å². The number of halogens is 2. The van der Waals surface area contributed by atoms with E-state index in [9.17, 15) is 10.1 Å². The van der Waals surface area contributed by atoms with Crippen LogP contribution in [-0.4, -0.2) is 15.9 Å². The molecule has 0 aliphatic carbocycles. The number of nitrogens with one attached hydrogen (secondary N) is 2. The normalized spacial score (nSPS) is 10.9. The largest absolute Gasteiger partial charge is 0.377 e. The van der Waals surface area contributed by atoms with Crippen molar-refractivity contribution in [3.63, 3.8) is 0 Å². The summed E-state index contributed by atoms with van der Waals surface area (Å²) in [6.07, 6.45) is 3.89. The predicted molar refractivity (Wildman–Crippen MR) is 113 cm³/mol. The summed E-state index contributed by atoms with van der Waals surface area (Å²) in [6.45, 7) is 6.01. The molecule has 1 aromatic heterocycles. The molecule has 0 aliphatic rings. The second-order valence-corrected chi connectivity index (χ2v) is 7.28. The molecule has 0 radical (unpaired) electrons. The van der Waals surface area contributed by atoms with E-state index in [1.54, 1.807) is 31.2 Å². The van der Waals surface area contributed by atoms with Crippen molar-refractivity contribution in [2.24, 2.45) is 0 Å². The fourth-order valence-corrected chi connectivity index (χ4v) is 3.43. The third-order valence-electron chi connectivity index (χ3n) is 4.12. The number of anilines is 3. The summed E-state index contributed by atoms with van der Waals surface area (Å²) in [5.41, 5.74) is 1.55. The lowest BCUT2D eigenvalue weighted by molar-refractivity contribution is -0.383. The van der Waals surface area contributed by atoms with Crippen LogP contribution in [0.15, 0.2) is 24.3 Å². The number of rotatable bonds is 9. The third kappa shape index (κ3) is 5.71. The van der Waals surface area contributed by atoms with Crippen LogP contribution < -0.4 is 10.6 Å². The van der Waals surface area contributed by atoms with E-state index in [4.69, 9.17) is 23.2 Å². The van der Waals surface area contributed by atoms with Crippen LogP contribution in [0.4, 0.5) is 22.9 Å². The first-order valence-corrected chi connectivity index (χ1v) is 9.75. The first-order valence-electron chi connectivity index (χ1n) is 9.00. The molecule has 2 N–H and O–H groups in total. The van der Waals surface area contributed by atoms with Crippen molar-refractivity contribution in [3.8, 4) is 0 Å². The van der Waals surface area contributed by atoms with Gasteiger partial charge in [0.15, 0.2) is 0 Å². The number of hydrogen-bond acceptors (Lipinski definition) is 5. The zero-order valence-corrected chi connectivity index (χ0v) is 17.2. The molecule has 6 nitrogen and oxygen atoms in total. The molecule has 0 unspecified atom stereocenters. The molecular weight excluding hydrogens is 387 g/mol. The van der Waals surface area contributed by atoms with Gasteiger partial charge >= 0.3 is 5.69 Å². The Morgan fingerprint density at radius 1 is 1.15 bits per heavy atom. The monoisotopic (exact) mass is 410 g/mol. The minimum atomic E-state index is -0.421. The quantitative estimate of drug-likeness (QED) is 0.353. The molecule has 0 saturated carbocycles. The number of nitro groups is 1. The highest BCUT2D eigenvalue weighted by molar-refractivity contribution is 6.36. The second-order valence-electron chi connectivity index (χ2n) is 6.43. The molecule has 0 fully saturated rings. The van der Waals surface area contributed by atoms with E-state index in [1.165, 1.54) is 0 Å². The van der Waals surface area contributed by atoms with Crippen LogP contribution in [0.3, 0.4) is 0 Å². The van der Waals surface area contributed by atoms with Crippen LogP contribution in [0.5, 0.6) is 0 Å². The lowest BCUT2D eigenvalue weighted by Crippen LogP contribution is -2.20. The number of benzene rings is 1. The van der Waals surface area contributed by atoms with Gasteiger partial charge in [-0.2, -0.15) is 0 Å². The van der Waals surface area contributed by atoms with Crippen LogP contribution in [0.1, 0.15) is 45.2 Å². The molecule has 0 aliphatic heterocycles. The van der Waals surface area contributed by atoms with Gasteiger partial charge in [0.1, 0.15) is 5.69 Å². The Labute approximate surface area is 169 Å². The fourth-order valence-electron chi connectivity index (χ4n) is 2.97. The SMILES string of the molecule is CCCC(CCC)Nc1cc(C)nc(Nc2ccc(Cl)cc2Cl)c1[N+](=O)[O-]. The molecule has 8 heteroatoms. The third-order valence-corrected chi connectivity index (χ3v) is 4.67. The van der Waals surface area contributed by atoms with Gasteiger partial charge in [-0.25, -0.2) is 4.98 Å². The van der Waals surface area contributed by atoms with Crippen molar-refractivity contribution in [1.82, 2.24) is 4.98 Å². The van der Waals surface area contributed by atoms with Gasteiger partial charge in [0.2, 0.25) is 5.82 Å². The van der Waals surface area contributed by atoms with E-state index in [0.29, 0.717) is 27.1 Å². The van der Waals surface area contributed by atoms with Crippen LogP contribution in [0.2, 0.25) is 10.0 Å². The van der Waals surface area contributed by atoms with E-state index in [0.717, 1.165) is 25.7 Å². The van der Waals surface area contributed by atoms with Crippen LogP contribution in [-0.2, 0) is 0 Å². The fraction of sp³-hybridized carbons (Fsp3) is 0.421. The molecular formula is C19H24Cl2N4O2. The summed E-state index contributed by atoms with van der Waals surface area (Å²) >= 11 is 12.1. The van der Waals surface area contributed by atoms with Gasteiger partial charge < -0.3 is 10.6 Å². The number of aromatic nitrogens is 1. The van der Waals surface area contributed by atoms with Crippen molar-refractivity contribution in [2.45, 2.75) is 52.5 Å². The highest BCUT2D eigenvalue weighted by atomic mass is 35.5. The Balaban J connectivity index is 2.45. The molecule has 146 valence electrons. The molecule has 0 saturated heterocycles. The van der Waals surface area contributed by atoms with Crippen LogP contribution >= 0.6 is 23.2 Å². The van der Waals surface area contributed by atoms with E-state index >= 15 is 0 Å². The van der Waals surface area contributed by atoms with Crippen LogP contribution in [0, 0.1) is 17.0 Å². The number of aryl methyl sites for hydroxylation is 1. The smallest absolute Gasteiger partial charge is 0.334 e. The van der Waals surface area contributed by atoms with Crippen molar-refractivity contribution in [3.05, 3.63) is 50.1 Å². The zero-order valence-electron chi connectivity index (χ0n) is 15.7. The Morgan fingerprint density at radius 2 is 1.81 bits per heavy atom. The van der Waals surface area contributed by atoms with Gasteiger partial charge in [0, 0.05) is 16.8 Å². The van der Waals surface area contributed by atoms with E-state index < -0.39 is 4.92 Å². The Bertz CT molecular complexity index is 809. The molecule has 2 aromatic rings. The highest BCUT2D eigenvalue weighted by Gasteiger charge is 2.24. The van der Waals surface area contributed by atoms with Crippen LogP contribution in [0.25, 0.3) is 0 Å². The first kappa shape index (κ1) is 21.3. The summed E-state index contributed by atoms with van der Waals surface area (Å²) in [5.74, 6) is 0.151. The maximum atomic E-state index is 11.8. The minimum Gasteiger partial charge on any atom is -0.377 e. The zero-order chi connectivity index (χ0) is 20.0. The van der Waals surface area contributed by atoms with E-state index in [2.05, 4.69) is 29.5 Å². The predicted octanol–water partition coefficient (Wildman–Crippen LogP) is 6.73. The van der Waals surface area contributed by atoms with Gasteiger partial charge in [-0.05, 0) is 44.0 Å². The summed E-state index contributed by atoms with van der Waals surface area (Å²) in [7, 11) is 0. The van der Waals surface area contributed by atoms with Gasteiger partial charge in [0.25, 0.3) is 0 Å². The maximum absolute atomic E-state index is 11.8. The Kier molecular flexibility index (Phi) is 7.68. The average Bonchev–Trinajstić information content (AvgIpc) is 2.57. The summed E-state index contributed by atoms with van der Waals surface area (Å²) in [6, 6.07) is 6.79. The maximum Gasteiger partial charge on any atom is 0.334 e. The molecule has 2 rings (SSSR count). The van der Waals surface area contributed by atoms with Gasteiger partial charge in [0.05, 0.1) is 15.6 Å². The van der Waals surface area contributed by atoms with E-state index in [1.807, 2.05) is 0 Å². The van der Waals surface area contributed by atoms with Crippen molar-refractivity contribution in [1.29, 1.82) is 0 Å². The molecule has 1 aromatic carbocycles. The molecule has 0 spiro atoms. The standard InChI is InChI=1S/C19H24Cl2N4O2/c1-4-6-14(7-5-2)23-17-10-12(3)22-19(18(17)25(26)27)24-16-9-8-13(20)11-15(16)21/h8-11,14H,4-7H2,1-3H3,(H2,22,23,24). The van der Waals surface area contributed by atoms with Gasteiger partial charge in [-0.3, -0.25) is 10.1 Å². The van der Waals surface area contributed by atoms with Crippen molar-refractivity contribution < 1.29 is 4.92 Å². The molecule has 0 bridgehead atoms. The summed E-state index contributed by atoms with van der Waals surface area (Å²) in [4.78, 5) is 15.7. The highest BCUT2D eigenvalue weighted by Crippen LogP contribution is 2.37. The number of nitrogens with zero attached hydrogens (tertiary/aromatic N) is 2. The minimum absolute atomic E-state index is 0.0937. The topological polar surface area (TPSA) is 80.1 Å². The molecule has 27 heavy (non-hydrogen) atoms. The molecule has 1 heterocycles. The lowest BCUT2D eigenvalue weighted by atomic mass is 10.1. The van der Waals surface area contributed by atoms with Gasteiger partial charge in [-0.15, -0.1) is 0 Å². The summed E-state index contributed by atoms with van der Waals surface area (Å²) in [5, 5.41) is 19.0. The number of pyridine rings is 1. The molecule has 0 atom stereocenters. The number of hydrogen-bond donors (Lipinski definition) is 2. The molecule has 0 amide bonds. The lowest BCUT2D eigenvalue weighted by Gasteiger charge is -2.20. The Hall–Kier alpha value is -2.05. The summed E-state index contributed by atoms with van der Waals surface area (Å²) < 4.78 is 0. The van der Waals surface area contributed by atoms with Gasteiger partial charge in [-0.1, -0.05) is 49.9 Å². The van der Waals surface area contributed by atoms with Crippen molar-refractivity contribution >= 4 is 46.1 Å². The first-order chi connectivity index (χ1) is 12.8.